The molecule has 0 aromatic carbocycles. The minimum atomic E-state index is -2.06. The van der Waals surface area contributed by atoms with E-state index in [1.807, 2.05) is 12.2 Å². The van der Waals surface area contributed by atoms with Gasteiger partial charge in [-0.3, -0.25) is 0 Å². The van der Waals surface area contributed by atoms with Crippen molar-refractivity contribution in [1.82, 2.24) is 0 Å². The summed E-state index contributed by atoms with van der Waals surface area (Å²) in [6.45, 7) is 2.11. The normalized spacial score (nSPS) is 39.5. The molecular formula is C6H14O4Si4. The highest BCUT2D eigenvalue weighted by atomic mass is 28.5. The molecule has 0 N–H and O–H groups in total. The molecule has 1 aliphatic carbocycles. The van der Waals surface area contributed by atoms with Gasteiger partial charge in [-0.2, -0.15) is 0 Å². The smallest absolute Gasteiger partial charge is 0.327 e. The first-order valence-corrected chi connectivity index (χ1v) is 10.5. The SMILES string of the molecule is C[Si]1(C2C=CC=C2)O[SiH2]O[SiH2]O[SiH2]O1. The van der Waals surface area contributed by atoms with E-state index in [4.69, 9.17) is 16.5 Å². The van der Waals surface area contributed by atoms with Gasteiger partial charge in [-0.05, 0) is 6.55 Å². The molecule has 0 saturated carbocycles. The highest BCUT2D eigenvalue weighted by Gasteiger charge is 2.39. The number of allylic oxidation sites excluding steroid dienone is 4. The fourth-order valence-corrected chi connectivity index (χ4v) is 11.1. The van der Waals surface area contributed by atoms with Gasteiger partial charge in [0.2, 0.25) is 0 Å². The first-order chi connectivity index (χ1) is 6.81. The van der Waals surface area contributed by atoms with Gasteiger partial charge in [0, 0.05) is 5.54 Å². The molecule has 2 rings (SSSR count). The van der Waals surface area contributed by atoms with Crippen LogP contribution >= 0.6 is 0 Å². The minimum absolute atomic E-state index is 0.342. The second kappa shape index (κ2) is 4.81. The molecule has 1 fully saturated rings. The molecule has 0 aromatic rings. The molecule has 1 saturated heterocycles. The lowest BCUT2D eigenvalue weighted by molar-refractivity contribution is 0.307. The molecule has 4 nitrogen and oxygen atoms in total. The van der Waals surface area contributed by atoms with Crippen LogP contribution in [0.5, 0.6) is 0 Å². The third kappa shape index (κ3) is 2.40. The van der Waals surface area contributed by atoms with E-state index < -0.39 is 38.6 Å². The molecule has 0 spiro atoms. The standard InChI is InChI=1S/C6H14O4Si4/c1-14(6-4-2-3-5-6)9-12-7-11-8-13-10-14/h2-6H,11-13H2,1H3. The largest absolute Gasteiger partial charge is 0.425 e. The van der Waals surface area contributed by atoms with E-state index in [1.54, 1.807) is 0 Å². The first-order valence-electron chi connectivity index (χ1n) is 4.60. The lowest BCUT2D eigenvalue weighted by Gasteiger charge is -2.32. The Hall–Kier alpha value is 0.188. The van der Waals surface area contributed by atoms with E-state index in [-0.39, 0.29) is 0 Å². The van der Waals surface area contributed by atoms with Gasteiger partial charge in [0.25, 0.3) is 30.0 Å². The summed E-state index contributed by atoms with van der Waals surface area (Å²) in [7, 11) is -4.54. The van der Waals surface area contributed by atoms with Crippen molar-refractivity contribution in [2.75, 3.05) is 0 Å². The fraction of sp³-hybridized carbons (Fsp3) is 0.333. The lowest BCUT2D eigenvalue weighted by Crippen LogP contribution is -2.47. The van der Waals surface area contributed by atoms with Crippen LogP contribution in [0, 0.1) is 0 Å². The molecule has 0 unspecified atom stereocenters. The maximum absolute atomic E-state index is 5.87. The zero-order valence-electron chi connectivity index (χ0n) is 8.14. The van der Waals surface area contributed by atoms with Crippen molar-refractivity contribution in [3.05, 3.63) is 24.3 Å². The van der Waals surface area contributed by atoms with Crippen molar-refractivity contribution in [2.45, 2.75) is 12.1 Å². The molecule has 0 radical (unpaired) electrons. The molecule has 8 heteroatoms. The average Bonchev–Trinajstić information content (AvgIpc) is 2.65. The zero-order valence-corrected chi connectivity index (χ0v) is 13.4. The summed E-state index contributed by atoms with van der Waals surface area (Å²) in [6.07, 6.45) is 8.39. The van der Waals surface area contributed by atoms with E-state index >= 15 is 0 Å². The van der Waals surface area contributed by atoms with E-state index in [0.29, 0.717) is 5.54 Å². The Morgan fingerprint density at radius 2 is 1.57 bits per heavy atom. The first kappa shape index (κ1) is 10.7. The Kier molecular flexibility index (Phi) is 3.67. The van der Waals surface area contributed by atoms with Gasteiger partial charge in [0.05, 0.1) is 0 Å². The number of hydrogen-bond donors (Lipinski definition) is 0. The van der Waals surface area contributed by atoms with Crippen LogP contribution in [0.15, 0.2) is 24.3 Å². The fourth-order valence-electron chi connectivity index (χ4n) is 1.46. The molecular weight excluding hydrogens is 248 g/mol. The molecule has 1 aliphatic heterocycles. The molecule has 1 heterocycles. The molecule has 78 valence electrons. The van der Waals surface area contributed by atoms with Crippen LogP contribution in [-0.4, -0.2) is 38.6 Å². The molecule has 0 atom stereocenters. The Morgan fingerprint density at radius 3 is 2.14 bits per heavy atom. The quantitative estimate of drug-likeness (QED) is 0.547. The Labute approximate surface area is 91.7 Å². The van der Waals surface area contributed by atoms with E-state index in [2.05, 4.69) is 18.7 Å². The van der Waals surface area contributed by atoms with Gasteiger partial charge in [0.1, 0.15) is 0 Å². The van der Waals surface area contributed by atoms with Gasteiger partial charge in [0.15, 0.2) is 0 Å². The molecule has 0 bridgehead atoms. The van der Waals surface area contributed by atoms with Crippen molar-refractivity contribution in [1.29, 1.82) is 0 Å². The maximum atomic E-state index is 5.87. The highest BCUT2D eigenvalue weighted by molar-refractivity contribution is 6.76. The van der Waals surface area contributed by atoms with Gasteiger partial charge in [-0.1, -0.05) is 24.3 Å². The Morgan fingerprint density at radius 1 is 1.00 bits per heavy atom. The predicted octanol–water partition coefficient (Wildman–Crippen LogP) is -1.37. The second-order valence-electron chi connectivity index (χ2n) is 3.36. The maximum Gasteiger partial charge on any atom is 0.327 e. The minimum Gasteiger partial charge on any atom is -0.425 e. The monoisotopic (exact) mass is 262 g/mol. The molecule has 14 heavy (non-hydrogen) atoms. The van der Waals surface area contributed by atoms with Crippen LogP contribution in [0.3, 0.4) is 0 Å². The Bertz CT molecular complexity index is 236. The van der Waals surface area contributed by atoms with Gasteiger partial charge in [-0.15, -0.1) is 0 Å². The van der Waals surface area contributed by atoms with Crippen LogP contribution < -0.4 is 0 Å². The van der Waals surface area contributed by atoms with Gasteiger partial charge in [-0.25, -0.2) is 0 Å². The summed E-state index contributed by atoms with van der Waals surface area (Å²) in [6, 6.07) is 0. The highest BCUT2D eigenvalue weighted by Crippen LogP contribution is 2.30. The van der Waals surface area contributed by atoms with E-state index in [0.717, 1.165) is 0 Å². The van der Waals surface area contributed by atoms with E-state index in [1.165, 1.54) is 0 Å². The van der Waals surface area contributed by atoms with E-state index in [9.17, 15) is 0 Å². The van der Waals surface area contributed by atoms with Crippen molar-refractivity contribution in [2.24, 2.45) is 0 Å². The summed E-state index contributed by atoms with van der Waals surface area (Å²) >= 11 is 0. The van der Waals surface area contributed by atoms with Crippen LogP contribution in [0.1, 0.15) is 0 Å². The van der Waals surface area contributed by atoms with Crippen LogP contribution in [0.25, 0.3) is 0 Å². The summed E-state index contributed by atoms with van der Waals surface area (Å²) in [5, 5.41) is 0. The summed E-state index contributed by atoms with van der Waals surface area (Å²) in [5.74, 6) is 0. The summed E-state index contributed by atoms with van der Waals surface area (Å²) < 4.78 is 22.6. The van der Waals surface area contributed by atoms with Crippen LogP contribution in [0.4, 0.5) is 0 Å². The average molecular weight is 263 g/mol. The number of hydrogen-bond acceptors (Lipinski definition) is 4. The lowest BCUT2D eigenvalue weighted by atomic mass is 10.5. The predicted molar refractivity (Wildman–Crippen MR) is 63.6 cm³/mol. The van der Waals surface area contributed by atoms with Crippen LogP contribution in [0.2, 0.25) is 12.1 Å². The van der Waals surface area contributed by atoms with Crippen molar-refractivity contribution >= 4 is 38.6 Å². The topological polar surface area (TPSA) is 36.9 Å². The third-order valence-electron chi connectivity index (χ3n) is 2.38. The van der Waals surface area contributed by atoms with Gasteiger partial charge >= 0.3 is 8.56 Å². The summed E-state index contributed by atoms with van der Waals surface area (Å²) in [4.78, 5) is 0. The molecule has 2 aliphatic rings. The van der Waals surface area contributed by atoms with Crippen molar-refractivity contribution in [3.8, 4) is 0 Å². The van der Waals surface area contributed by atoms with Crippen LogP contribution in [-0.2, 0) is 16.5 Å². The second-order valence-corrected chi connectivity index (χ2v) is 12.3. The summed E-state index contributed by atoms with van der Waals surface area (Å²) in [5.41, 5.74) is 0.342. The third-order valence-corrected chi connectivity index (χ3v) is 12.2. The zero-order chi connectivity index (χ0) is 9.86. The molecule has 0 amide bonds. The van der Waals surface area contributed by atoms with Crippen molar-refractivity contribution in [3.63, 3.8) is 0 Å². The Balaban J connectivity index is 2.02. The number of rotatable bonds is 1. The molecule has 0 aromatic heterocycles. The van der Waals surface area contributed by atoms with Crippen molar-refractivity contribution < 1.29 is 16.5 Å². The van der Waals surface area contributed by atoms with Gasteiger partial charge < -0.3 is 16.5 Å².